The van der Waals surface area contributed by atoms with E-state index in [9.17, 15) is 22.4 Å². The summed E-state index contributed by atoms with van der Waals surface area (Å²) >= 11 is 0. The number of para-hydroxylation sites is 1. The minimum Gasteiger partial charge on any atom is -0.406 e. The third-order valence-electron chi connectivity index (χ3n) is 2.99. The molecule has 118 valence electrons. The van der Waals surface area contributed by atoms with Gasteiger partial charge in [0.2, 0.25) is 0 Å². The lowest BCUT2D eigenvalue weighted by Crippen LogP contribution is -2.17. The number of aromatic amines is 1. The Bertz CT molecular complexity index is 935. The maximum absolute atomic E-state index is 13.5. The molecule has 0 atom stereocenters. The number of H-pyrrole nitrogens is 1. The molecular weight excluding hydrogens is 316 g/mol. The lowest BCUT2D eigenvalue weighted by molar-refractivity contribution is -0.274. The van der Waals surface area contributed by atoms with E-state index in [1.807, 2.05) is 0 Å². The maximum atomic E-state index is 13.5. The number of fused-ring (bicyclic) bond motifs is 1. The molecule has 0 saturated heterocycles. The fourth-order valence-electron chi connectivity index (χ4n) is 2.12. The zero-order valence-electron chi connectivity index (χ0n) is 11.3. The topological polar surface area (TPSA) is 55.0 Å². The van der Waals surface area contributed by atoms with Gasteiger partial charge in [0.05, 0.1) is 10.9 Å². The number of ether oxygens (including phenoxy) is 1. The van der Waals surface area contributed by atoms with Gasteiger partial charge < -0.3 is 9.72 Å². The van der Waals surface area contributed by atoms with Crippen LogP contribution in [0.3, 0.4) is 0 Å². The number of nitrogens with zero attached hydrogens (tertiary/aromatic N) is 1. The van der Waals surface area contributed by atoms with Gasteiger partial charge in [-0.25, -0.2) is 9.37 Å². The van der Waals surface area contributed by atoms with Gasteiger partial charge in [-0.1, -0.05) is 12.1 Å². The van der Waals surface area contributed by atoms with Crippen molar-refractivity contribution in [2.45, 2.75) is 6.36 Å². The Hall–Kier alpha value is -2.90. The first-order valence-corrected chi connectivity index (χ1v) is 6.37. The molecule has 0 bridgehead atoms. The molecule has 3 rings (SSSR count). The van der Waals surface area contributed by atoms with Gasteiger partial charge in [-0.05, 0) is 24.3 Å². The summed E-state index contributed by atoms with van der Waals surface area (Å²) in [7, 11) is 0. The van der Waals surface area contributed by atoms with E-state index in [4.69, 9.17) is 0 Å². The number of hydrogen-bond donors (Lipinski definition) is 1. The Kier molecular flexibility index (Phi) is 3.51. The van der Waals surface area contributed by atoms with Crippen LogP contribution >= 0.6 is 0 Å². The molecule has 1 aromatic heterocycles. The normalized spacial score (nSPS) is 11.7. The van der Waals surface area contributed by atoms with Crippen LogP contribution in [-0.4, -0.2) is 16.3 Å². The third-order valence-corrected chi connectivity index (χ3v) is 2.99. The standard InChI is InChI=1S/C15H8F4N2O2/c16-9-5-8(6-10(7-9)23-15(17,18)19)13-20-12-4-2-1-3-11(12)14(22)21-13/h1-7H,(H,20,21,22). The van der Waals surface area contributed by atoms with Crippen molar-refractivity contribution < 1.29 is 22.3 Å². The van der Waals surface area contributed by atoms with Crippen molar-refractivity contribution in [2.75, 3.05) is 0 Å². The Morgan fingerprint density at radius 2 is 1.83 bits per heavy atom. The summed E-state index contributed by atoms with van der Waals surface area (Å²) < 4.78 is 54.0. The first kappa shape index (κ1) is 15.0. The highest BCUT2D eigenvalue weighted by molar-refractivity contribution is 5.79. The fourth-order valence-corrected chi connectivity index (χ4v) is 2.12. The molecule has 0 unspecified atom stereocenters. The van der Waals surface area contributed by atoms with E-state index < -0.39 is 23.5 Å². The first-order valence-electron chi connectivity index (χ1n) is 6.37. The van der Waals surface area contributed by atoms with Gasteiger partial charge in [0.15, 0.2) is 0 Å². The Morgan fingerprint density at radius 3 is 2.57 bits per heavy atom. The van der Waals surface area contributed by atoms with Gasteiger partial charge in [0.1, 0.15) is 17.4 Å². The van der Waals surface area contributed by atoms with Crippen LogP contribution in [0.4, 0.5) is 17.6 Å². The van der Waals surface area contributed by atoms with Gasteiger partial charge in [0.25, 0.3) is 5.56 Å². The molecule has 8 heteroatoms. The third kappa shape index (κ3) is 3.31. The molecule has 2 aromatic carbocycles. The van der Waals surface area contributed by atoms with Crippen LogP contribution in [0, 0.1) is 5.82 Å². The minimum absolute atomic E-state index is 0.0351. The molecule has 4 nitrogen and oxygen atoms in total. The van der Waals surface area contributed by atoms with Gasteiger partial charge in [-0.2, -0.15) is 0 Å². The number of halogens is 4. The molecule has 0 radical (unpaired) electrons. The molecule has 23 heavy (non-hydrogen) atoms. The molecule has 0 aliphatic rings. The van der Waals surface area contributed by atoms with E-state index in [2.05, 4.69) is 14.7 Å². The molecule has 3 aromatic rings. The van der Waals surface area contributed by atoms with Crippen molar-refractivity contribution in [1.82, 2.24) is 9.97 Å². The first-order chi connectivity index (χ1) is 10.8. The van der Waals surface area contributed by atoms with Crippen molar-refractivity contribution in [1.29, 1.82) is 0 Å². The van der Waals surface area contributed by atoms with E-state index in [-0.39, 0.29) is 11.4 Å². The van der Waals surface area contributed by atoms with Gasteiger partial charge in [-0.15, -0.1) is 13.2 Å². The van der Waals surface area contributed by atoms with Crippen LogP contribution in [0.15, 0.2) is 47.3 Å². The highest BCUT2D eigenvalue weighted by Crippen LogP contribution is 2.28. The second kappa shape index (κ2) is 5.38. The molecule has 0 amide bonds. The number of alkyl halides is 3. The van der Waals surface area contributed by atoms with Crippen LogP contribution in [-0.2, 0) is 0 Å². The van der Waals surface area contributed by atoms with Crippen molar-refractivity contribution in [3.05, 3.63) is 58.6 Å². The summed E-state index contributed by atoms with van der Waals surface area (Å²) in [4.78, 5) is 18.5. The molecule has 0 aliphatic carbocycles. The van der Waals surface area contributed by atoms with Crippen LogP contribution in [0.5, 0.6) is 5.75 Å². The van der Waals surface area contributed by atoms with E-state index in [0.717, 1.165) is 12.1 Å². The monoisotopic (exact) mass is 324 g/mol. The van der Waals surface area contributed by atoms with Crippen LogP contribution < -0.4 is 10.3 Å². The average molecular weight is 324 g/mol. The van der Waals surface area contributed by atoms with Gasteiger partial charge >= 0.3 is 6.36 Å². The largest absolute Gasteiger partial charge is 0.573 e. The number of hydrogen-bond acceptors (Lipinski definition) is 3. The molecule has 0 spiro atoms. The van der Waals surface area contributed by atoms with Crippen LogP contribution in [0.25, 0.3) is 22.3 Å². The van der Waals surface area contributed by atoms with Crippen LogP contribution in [0.2, 0.25) is 0 Å². The average Bonchev–Trinajstić information content (AvgIpc) is 2.44. The zero-order valence-corrected chi connectivity index (χ0v) is 11.3. The summed E-state index contributed by atoms with van der Waals surface area (Å²) in [5, 5.41) is 0.319. The van der Waals surface area contributed by atoms with Crippen molar-refractivity contribution in [3.8, 4) is 17.1 Å². The van der Waals surface area contributed by atoms with Crippen molar-refractivity contribution >= 4 is 10.9 Å². The molecule has 1 N–H and O–H groups in total. The molecule has 0 fully saturated rings. The highest BCUT2D eigenvalue weighted by Gasteiger charge is 2.31. The highest BCUT2D eigenvalue weighted by atomic mass is 19.4. The zero-order chi connectivity index (χ0) is 16.6. The molecule has 0 aliphatic heterocycles. The second-order valence-electron chi connectivity index (χ2n) is 4.66. The Balaban J connectivity index is 2.13. The summed E-state index contributed by atoms with van der Waals surface area (Å²) in [5.41, 5.74) is -0.172. The predicted octanol–water partition coefficient (Wildman–Crippen LogP) is 3.63. The van der Waals surface area contributed by atoms with E-state index in [1.165, 1.54) is 0 Å². The number of rotatable bonds is 2. The summed E-state index contributed by atoms with van der Waals surface area (Å²) in [6.45, 7) is 0. The maximum Gasteiger partial charge on any atom is 0.573 e. The predicted molar refractivity (Wildman–Crippen MR) is 74.4 cm³/mol. The summed E-state index contributed by atoms with van der Waals surface area (Å²) in [5.74, 6) is -1.74. The van der Waals surface area contributed by atoms with Gasteiger partial charge in [0, 0.05) is 11.6 Å². The number of nitrogens with one attached hydrogen (secondary N) is 1. The lowest BCUT2D eigenvalue weighted by Gasteiger charge is -2.10. The van der Waals surface area contributed by atoms with E-state index in [0.29, 0.717) is 17.0 Å². The number of benzene rings is 2. The van der Waals surface area contributed by atoms with Crippen molar-refractivity contribution in [3.63, 3.8) is 0 Å². The smallest absolute Gasteiger partial charge is 0.406 e. The quantitative estimate of drug-likeness (QED) is 0.733. The van der Waals surface area contributed by atoms with E-state index >= 15 is 0 Å². The fraction of sp³-hybridized carbons (Fsp3) is 0.0667. The van der Waals surface area contributed by atoms with Gasteiger partial charge in [-0.3, -0.25) is 4.79 Å². The SMILES string of the molecule is O=c1[nH]c(-c2cc(F)cc(OC(F)(F)F)c2)nc2ccccc12. The van der Waals surface area contributed by atoms with Crippen LogP contribution in [0.1, 0.15) is 0 Å². The molecule has 1 heterocycles. The Morgan fingerprint density at radius 1 is 1.09 bits per heavy atom. The van der Waals surface area contributed by atoms with Crippen molar-refractivity contribution in [2.24, 2.45) is 0 Å². The number of aromatic nitrogens is 2. The molecular formula is C15H8F4N2O2. The molecule has 0 saturated carbocycles. The van der Waals surface area contributed by atoms with E-state index in [1.54, 1.807) is 24.3 Å². The Labute approximate surface area is 126 Å². The lowest BCUT2D eigenvalue weighted by atomic mass is 10.1. The second-order valence-corrected chi connectivity index (χ2v) is 4.66. The minimum atomic E-state index is -4.95. The summed E-state index contributed by atoms with van der Waals surface area (Å²) in [6, 6.07) is 8.92. The summed E-state index contributed by atoms with van der Waals surface area (Å²) in [6.07, 6.45) is -4.95.